The topological polar surface area (TPSA) is 84.9 Å². The molecule has 1 amide bonds. The summed E-state index contributed by atoms with van der Waals surface area (Å²) in [6, 6.07) is 11.1. The van der Waals surface area contributed by atoms with Crippen LogP contribution in [0.15, 0.2) is 42.5 Å². The monoisotopic (exact) mass is 343 g/mol. The highest BCUT2D eigenvalue weighted by Crippen LogP contribution is 2.28. The summed E-state index contributed by atoms with van der Waals surface area (Å²) in [6.07, 6.45) is 1.69. The Morgan fingerprint density at radius 2 is 1.88 bits per heavy atom. The molecule has 0 aliphatic heterocycles. The number of phenolic OH excluding ortho intramolecular Hbond substituents is 1. The van der Waals surface area contributed by atoms with Crippen LogP contribution in [0.3, 0.4) is 0 Å². The normalized spacial score (nSPS) is 10.2. The Labute approximate surface area is 146 Å². The smallest absolute Gasteiger partial charge is 0.340 e. The van der Waals surface area contributed by atoms with E-state index in [0.29, 0.717) is 12.3 Å². The lowest BCUT2D eigenvalue weighted by molar-refractivity contribution is 0.0501. The summed E-state index contributed by atoms with van der Waals surface area (Å²) in [5.41, 5.74) is 0.555. The fraction of sp³-hybridized carbons (Fsp3) is 0.263. The van der Waals surface area contributed by atoms with Gasteiger partial charge in [-0.2, -0.15) is 0 Å². The maximum Gasteiger partial charge on any atom is 0.340 e. The Morgan fingerprint density at radius 1 is 1.12 bits per heavy atom. The number of rotatable bonds is 7. The molecule has 6 nitrogen and oxygen atoms in total. The highest BCUT2D eigenvalue weighted by molar-refractivity contribution is 6.10. The maximum absolute atomic E-state index is 12.5. The molecule has 2 N–H and O–H groups in total. The molecule has 0 atom stereocenters. The molecule has 0 aliphatic rings. The fourth-order valence-electron chi connectivity index (χ4n) is 2.26. The van der Waals surface area contributed by atoms with E-state index in [-0.39, 0.29) is 22.6 Å². The second-order valence-electron chi connectivity index (χ2n) is 5.34. The molecule has 0 spiro atoms. The summed E-state index contributed by atoms with van der Waals surface area (Å²) in [5, 5.41) is 12.6. The van der Waals surface area contributed by atoms with Crippen molar-refractivity contribution in [3.63, 3.8) is 0 Å². The molecular formula is C19H21NO5. The highest BCUT2D eigenvalue weighted by atomic mass is 16.5. The lowest BCUT2D eigenvalue weighted by Crippen LogP contribution is -2.17. The molecule has 132 valence electrons. The van der Waals surface area contributed by atoms with Crippen molar-refractivity contribution in [3.05, 3.63) is 53.6 Å². The third-order valence-corrected chi connectivity index (χ3v) is 3.58. The van der Waals surface area contributed by atoms with Gasteiger partial charge in [-0.1, -0.05) is 31.5 Å². The first-order valence-corrected chi connectivity index (χ1v) is 8.02. The van der Waals surface area contributed by atoms with Gasteiger partial charge < -0.3 is 19.9 Å². The van der Waals surface area contributed by atoms with E-state index in [9.17, 15) is 14.7 Å². The minimum atomic E-state index is -0.580. The number of hydrogen-bond donors (Lipinski definition) is 2. The van der Waals surface area contributed by atoms with Crippen molar-refractivity contribution < 1.29 is 24.2 Å². The van der Waals surface area contributed by atoms with Gasteiger partial charge in [0.2, 0.25) is 0 Å². The number of hydrogen-bond acceptors (Lipinski definition) is 5. The van der Waals surface area contributed by atoms with Gasteiger partial charge in [0.25, 0.3) is 5.91 Å². The Balaban J connectivity index is 2.24. The summed E-state index contributed by atoms with van der Waals surface area (Å²) in [5.74, 6) is -1.06. The van der Waals surface area contributed by atoms with Gasteiger partial charge in [0.05, 0.1) is 25.0 Å². The van der Waals surface area contributed by atoms with Crippen molar-refractivity contribution in [1.82, 2.24) is 0 Å². The number of esters is 1. The van der Waals surface area contributed by atoms with Crippen LogP contribution >= 0.6 is 0 Å². The number of unbranched alkanes of at least 4 members (excludes halogenated alkanes) is 1. The minimum Gasteiger partial charge on any atom is -0.507 e. The molecule has 2 rings (SSSR count). The van der Waals surface area contributed by atoms with Crippen LogP contribution in [-0.2, 0) is 4.74 Å². The van der Waals surface area contributed by atoms with Gasteiger partial charge in [-0.3, -0.25) is 4.79 Å². The zero-order chi connectivity index (χ0) is 18.2. The lowest BCUT2D eigenvalue weighted by Gasteiger charge is -2.13. The second kappa shape index (κ2) is 8.73. The van der Waals surface area contributed by atoms with Gasteiger partial charge in [0.15, 0.2) is 0 Å². The zero-order valence-corrected chi connectivity index (χ0v) is 14.2. The molecular weight excluding hydrogens is 322 g/mol. The Hall–Kier alpha value is -3.02. The first-order chi connectivity index (χ1) is 12.1. The quantitative estimate of drug-likeness (QED) is 0.592. The van der Waals surface area contributed by atoms with Crippen molar-refractivity contribution in [3.8, 4) is 11.5 Å². The van der Waals surface area contributed by atoms with E-state index in [1.165, 1.54) is 13.2 Å². The number of phenols is 1. The summed E-state index contributed by atoms with van der Waals surface area (Å²) >= 11 is 0. The Morgan fingerprint density at radius 3 is 2.60 bits per heavy atom. The number of carbonyl (C=O) groups is 2. The number of ether oxygens (including phenoxy) is 2. The van der Waals surface area contributed by atoms with Crippen LogP contribution in [0, 0.1) is 0 Å². The number of carbonyl (C=O) groups excluding carboxylic acids is 2. The number of benzene rings is 2. The predicted molar refractivity (Wildman–Crippen MR) is 94.2 cm³/mol. The number of nitrogens with one attached hydrogen (secondary N) is 1. The SMILES string of the molecule is CCCCOC(=O)c1ccccc1NC(=O)c1c(O)cccc1OC. The third-order valence-electron chi connectivity index (χ3n) is 3.58. The van der Waals surface area contributed by atoms with Gasteiger partial charge in [0.1, 0.15) is 17.1 Å². The number of anilines is 1. The Bertz CT molecular complexity index is 757. The summed E-state index contributed by atoms with van der Waals surface area (Å²) in [7, 11) is 1.41. The summed E-state index contributed by atoms with van der Waals surface area (Å²) in [4.78, 5) is 24.7. The molecule has 0 fully saturated rings. The van der Waals surface area contributed by atoms with Crippen LogP contribution < -0.4 is 10.1 Å². The third kappa shape index (κ3) is 4.50. The van der Waals surface area contributed by atoms with Crippen LogP contribution in [0.2, 0.25) is 0 Å². The average Bonchev–Trinajstić information content (AvgIpc) is 2.61. The number of para-hydroxylation sites is 1. The van der Waals surface area contributed by atoms with Gasteiger partial charge >= 0.3 is 5.97 Å². The summed E-state index contributed by atoms with van der Waals surface area (Å²) in [6.45, 7) is 2.33. The van der Waals surface area contributed by atoms with Crippen molar-refractivity contribution in [2.24, 2.45) is 0 Å². The van der Waals surface area contributed by atoms with Crippen LogP contribution in [-0.4, -0.2) is 30.7 Å². The van der Waals surface area contributed by atoms with Crippen LogP contribution in [0.4, 0.5) is 5.69 Å². The molecule has 0 saturated carbocycles. The minimum absolute atomic E-state index is 0.000784. The molecule has 0 radical (unpaired) electrons. The first-order valence-electron chi connectivity index (χ1n) is 8.02. The maximum atomic E-state index is 12.5. The lowest BCUT2D eigenvalue weighted by atomic mass is 10.1. The standard InChI is InChI=1S/C19H21NO5/c1-3-4-12-25-19(23)13-8-5-6-9-14(13)20-18(22)17-15(21)10-7-11-16(17)24-2/h5-11,21H,3-4,12H2,1-2H3,(H,20,22). The molecule has 0 aromatic heterocycles. The van der Waals surface area contributed by atoms with E-state index in [2.05, 4.69) is 5.32 Å². The second-order valence-corrected chi connectivity index (χ2v) is 5.34. The van der Waals surface area contributed by atoms with Crippen LogP contribution in [0.25, 0.3) is 0 Å². The fourth-order valence-corrected chi connectivity index (χ4v) is 2.26. The predicted octanol–water partition coefficient (Wildman–Crippen LogP) is 3.61. The largest absolute Gasteiger partial charge is 0.507 e. The van der Waals surface area contributed by atoms with Crippen molar-refractivity contribution in [1.29, 1.82) is 0 Å². The van der Waals surface area contributed by atoms with Gasteiger partial charge in [0, 0.05) is 0 Å². The number of aromatic hydroxyl groups is 1. The van der Waals surface area contributed by atoms with Crippen molar-refractivity contribution in [2.75, 3.05) is 19.0 Å². The number of amides is 1. The highest BCUT2D eigenvalue weighted by Gasteiger charge is 2.20. The molecule has 0 aliphatic carbocycles. The van der Waals surface area contributed by atoms with E-state index in [1.807, 2.05) is 6.92 Å². The molecule has 2 aromatic rings. The zero-order valence-electron chi connectivity index (χ0n) is 14.2. The molecule has 2 aromatic carbocycles. The van der Waals surface area contributed by atoms with E-state index in [1.54, 1.807) is 36.4 Å². The van der Waals surface area contributed by atoms with E-state index in [0.717, 1.165) is 12.8 Å². The van der Waals surface area contributed by atoms with Gasteiger partial charge in [-0.25, -0.2) is 4.79 Å². The molecule has 0 bridgehead atoms. The van der Waals surface area contributed by atoms with E-state index < -0.39 is 11.9 Å². The van der Waals surface area contributed by atoms with E-state index >= 15 is 0 Å². The molecule has 6 heteroatoms. The number of methoxy groups -OCH3 is 1. The van der Waals surface area contributed by atoms with Crippen LogP contribution in [0.1, 0.15) is 40.5 Å². The van der Waals surface area contributed by atoms with Crippen LogP contribution in [0.5, 0.6) is 11.5 Å². The Kier molecular flexibility index (Phi) is 6.39. The van der Waals surface area contributed by atoms with E-state index in [4.69, 9.17) is 9.47 Å². The molecule has 0 saturated heterocycles. The molecule has 0 heterocycles. The van der Waals surface area contributed by atoms with Crippen molar-refractivity contribution in [2.45, 2.75) is 19.8 Å². The van der Waals surface area contributed by atoms with Gasteiger partial charge in [-0.05, 0) is 30.7 Å². The van der Waals surface area contributed by atoms with Gasteiger partial charge in [-0.15, -0.1) is 0 Å². The summed E-state index contributed by atoms with van der Waals surface area (Å²) < 4.78 is 10.3. The molecule has 25 heavy (non-hydrogen) atoms. The van der Waals surface area contributed by atoms with Crippen molar-refractivity contribution >= 4 is 17.6 Å². The average molecular weight is 343 g/mol. The molecule has 0 unspecified atom stereocenters. The first kappa shape index (κ1) is 18.3.